The summed E-state index contributed by atoms with van der Waals surface area (Å²) in [4.78, 5) is 0. The number of hydrogen-bond acceptors (Lipinski definition) is 7. The average Bonchev–Trinajstić information content (AvgIpc) is 3.41. The van der Waals surface area contributed by atoms with Crippen LogP contribution in [0.3, 0.4) is 0 Å². The largest absolute Gasteiger partial charge is 0.428 e. The Bertz CT molecular complexity index is 1360. The predicted octanol–water partition coefficient (Wildman–Crippen LogP) is 6.20. The molecule has 0 spiro atoms. The van der Waals surface area contributed by atoms with Gasteiger partial charge >= 0.3 is 0 Å². The Morgan fingerprint density at radius 1 is 0.906 bits per heavy atom. The molecule has 0 saturated carbocycles. The molecule has 32 heavy (non-hydrogen) atoms. The van der Waals surface area contributed by atoms with Crippen LogP contribution in [0.2, 0.25) is 5.15 Å². The first kappa shape index (κ1) is 19.9. The lowest BCUT2D eigenvalue weighted by molar-refractivity contribution is 0.323. The normalized spacial score (nSPS) is 11.4. The molecule has 0 bridgehead atoms. The Labute approximate surface area is 188 Å². The number of ether oxygens (including phenoxy) is 1. The molecule has 0 amide bonds. The molecule has 0 N–H and O–H groups in total. The zero-order valence-corrected chi connectivity index (χ0v) is 17.6. The van der Waals surface area contributed by atoms with Gasteiger partial charge in [-0.15, -0.1) is 20.4 Å². The molecule has 3 aromatic heterocycles. The number of rotatable bonds is 7. The molecule has 3 heterocycles. The maximum absolute atomic E-state index is 5.96. The third-order valence-electron chi connectivity index (χ3n) is 4.65. The molecule has 0 aliphatic rings. The first-order chi connectivity index (χ1) is 15.7. The predicted molar refractivity (Wildman–Crippen MR) is 119 cm³/mol. The summed E-state index contributed by atoms with van der Waals surface area (Å²) < 4.78 is 13.6. The molecule has 8 nitrogen and oxygen atoms in total. The van der Waals surface area contributed by atoms with Crippen LogP contribution in [0, 0.1) is 0 Å². The van der Waals surface area contributed by atoms with Crippen LogP contribution in [0.15, 0.2) is 93.5 Å². The summed E-state index contributed by atoms with van der Waals surface area (Å²) in [5, 5.41) is 21.5. The molecule has 2 aromatic carbocycles. The third kappa shape index (κ3) is 4.50. The minimum absolute atomic E-state index is 0.233. The first-order valence-corrected chi connectivity index (χ1v) is 10.3. The number of fused-ring (bicyclic) bond motifs is 1. The van der Waals surface area contributed by atoms with Crippen molar-refractivity contribution in [2.75, 3.05) is 0 Å². The van der Waals surface area contributed by atoms with Gasteiger partial charge in [0.05, 0.1) is 17.4 Å². The maximum Gasteiger partial charge on any atom is 0.291 e. The fourth-order valence-corrected chi connectivity index (χ4v) is 3.28. The van der Waals surface area contributed by atoms with Gasteiger partial charge in [-0.3, -0.25) is 4.68 Å². The quantitative estimate of drug-likeness (QED) is 0.279. The summed E-state index contributed by atoms with van der Waals surface area (Å²) in [5.41, 5.74) is 2.14. The summed E-state index contributed by atoms with van der Waals surface area (Å²) in [6, 6.07) is 24.8. The van der Waals surface area contributed by atoms with Crippen LogP contribution in [0.1, 0.15) is 11.3 Å². The van der Waals surface area contributed by atoms with Gasteiger partial charge in [0.2, 0.25) is 5.88 Å². The van der Waals surface area contributed by atoms with E-state index in [1.807, 2.05) is 47.1 Å². The van der Waals surface area contributed by atoms with Crippen molar-refractivity contribution in [1.82, 2.24) is 20.0 Å². The van der Waals surface area contributed by atoms with Crippen LogP contribution < -0.4 is 4.74 Å². The molecule has 0 aliphatic heterocycles. The Balaban J connectivity index is 1.32. The van der Waals surface area contributed by atoms with Crippen LogP contribution in [-0.2, 0) is 13.1 Å². The van der Waals surface area contributed by atoms with Crippen molar-refractivity contribution in [2.45, 2.75) is 13.1 Å². The van der Waals surface area contributed by atoms with Crippen molar-refractivity contribution in [3.05, 3.63) is 95.3 Å². The fourth-order valence-electron chi connectivity index (χ4n) is 3.18. The van der Waals surface area contributed by atoms with E-state index in [1.165, 1.54) is 0 Å². The third-order valence-corrected chi connectivity index (χ3v) is 4.85. The topological polar surface area (TPSA) is 90.7 Å². The Hall–Kier alpha value is -4.04. The summed E-state index contributed by atoms with van der Waals surface area (Å²) in [5.74, 6) is 1.78. The van der Waals surface area contributed by atoms with Gasteiger partial charge in [-0.05, 0) is 35.9 Å². The van der Waals surface area contributed by atoms with E-state index < -0.39 is 0 Å². The van der Waals surface area contributed by atoms with Crippen molar-refractivity contribution in [3.63, 3.8) is 0 Å². The second-order valence-electron chi connectivity index (χ2n) is 6.90. The highest BCUT2D eigenvalue weighted by Crippen LogP contribution is 2.30. The van der Waals surface area contributed by atoms with E-state index in [0.29, 0.717) is 35.1 Å². The number of hydrogen-bond donors (Lipinski definition) is 0. The van der Waals surface area contributed by atoms with E-state index in [-0.39, 0.29) is 6.54 Å². The van der Waals surface area contributed by atoms with Gasteiger partial charge in [-0.1, -0.05) is 54.1 Å². The van der Waals surface area contributed by atoms with Crippen LogP contribution in [0.4, 0.5) is 5.82 Å². The Morgan fingerprint density at radius 3 is 2.59 bits per heavy atom. The molecular formula is C23H17ClN6O2. The smallest absolute Gasteiger partial charge is 0.291 e. The number of benzene rings is 2. The number of furan rings is 1. The monoisotopic (exact) mass is 444 g/mol. The molecule has 0 aliphatic carbocycles. The van der Waals surface area contributed by atoms with Gasteiger partial charge in [0.15, 0.2) is 11.0 Å². The van der Waals surface area contributed by atoms with Gasteiger partial charge < -0.3 is 9.15 Å². The van der Waals surface area contributed by atoms with Crippen LogP contribution in [0.25, 0.3) is 10.9 Å². The second-order valence-corrected chi connectivity index (χ2v) is 7.29. The van der Waals surface area contributed by atoms with E-state index in [1.54, 1.807) is 24.3 Å². The molecule has 9 heteroatoms. The number of nitrogens with zero attached hydrogens (tertiary/aromatic N) is 6. The molecule has 158 valence electrons. The van der Waals surface area contributed by atoms with Gasteiger partial charge in [0.1, 0.15) is 12.3 Å². The van der Waals surface area contributed by atoms with Crippen LogP contribution in [-0.4, -0.2) is 20.0 Å². The molecule has 0 radical (unpaired) electrons. The fraction of sp³-hybridized carbons (Fsp3) is 0.0870. The van der Waals surface area contributed by atoms with Crippen LogP contribution >= 0.6 is 11.6 Å². The summed E-state index contributed by atoms with van der Waals surface area (Å²) in [7, 11) is 0. The summed E-state index contributed by atoms with van der Waals surface area (Å²) in [6.45, 7) is 0.874. The van der Waals surface area contributed by atoms with Gasteiger partial charge in [-0.2, -0.15) is 5.11 Å². The lowest BCUT2D eigenvalue weighted by atomic mass is 10.2. The van der Waals surface area contributed by atoms with Gasteiger partial charge in [0, 0.05) is 6.07 Å². The van der Waals surface area contributed by atoms with Crippen molar-refractivity contribution in [2.24, 2.45) is 10.2 Å². The lowest BCUT2D eigenvalue weighted by Gasteiger charge is -2.03. The average molecular weight is 445 g/mol. The first-order valence-electron chi connectivity index (χ1n) is 9.87. The van der Waals surface area contributed by atoms with Crippen molar-refractivity contribution in [3.8, 4) is 11.8 Å². The SMILES string of the molecule is Clc1ccc(N=NCc2ccc(Oc3nn(Cc4ccccc4)c4ccccc34)o2)nn1. The number of para-hydroxylation sites is 1. The number of halogens is 1. The van der Waals surface area contributed by atoms with E-state index >= 15 is 0 Å². The highest BCUT2D eigenvalue weighted by atomic mass is 35.5. The lowest BCUT2D eigenvalue weighted by Crippen LogP contribution is -2.01. The van der Waals surface area contributed by atoms with E-state index in [4.69, 9.17) is 20.8 Å². The number of aromatic nitrogens is 4. The van der Waals surface area contributed by atoms with Crippen LogP contribution in [0.5, 0.6) is 11.8 Å². The molecule has 0 saturated heterocycles. The minimum Gasteiger partial charge on any atom is -0.428 e. The summed E-state index contributed by atoms with van der Waals surface area (Å²) >= 11 is 5.71. The Morgan fingerprint density at radius 2 is 1.75 bits per heavy atom. The zero-order chi connectivity index (χ0) is 21.8. The zero-order valence-electron chi connectivity index (χ0n) is 16.8. The Kier molecular flexibility index (Phi) is 5.59. The second kappa shape index (κ2) is 8.99. The molecule has 5 rings (SSSR count). The molecule has 0 unspecified atom stereocenters. The maximum atomic E-state index is 5.96. The van der Waals surface area contributed by atoms with Crippen molar-refractivity contribution >= 4 is 28.3 Å². The number of azo groups is 1. The molecule has 0 fully saturated rings. The van der Waals surface area contributed by atoms with Crippen molar-refractivity contribution < 1.29 is 9.15 Å². The molecule has 0 atom stereocenters. The van der Waals surface area contributed by atoms with E-state index in [9.17, 15) is 0 Å². The summed E-state index contributed by atoms with van der Waals surface area (Å²) in [6.07, 6.45) is 0. The minimum atomic E-state index is 0.233. The van der Waals surface area contributed by atoms with E-state index in [0.717, 1.165) is 16.5 Å². The molecule has 5 aromatic rings. The standard InChI is InChI=1S/C23H17ClN6O2/c24-20-11-12-21(28-26-20)27-25-14-17-10-13-22(31-17)32-23-18-8-4-5-9-19(18)30(29-23)15-16-6-2-1-3-7-16/h1-13H,14-15H2. The van der Waals surface area contributed by atoms with Crippen molar-refractivity contribution in [1.29, 1.82) is 0 Å². The van der Waals surface area contributed by atoms with Gasteiger partial charge in [-0.25, -0.2) is 0 Å². The molecular weight excluding hydrogens is 428 g/mol. The van der Waals surface area contributed by atoms with Gasteiger partial charge in [0.25, 0.3) is 5.95 Å². The van der Waals surface area contributed by atoms with E-state index in [2.05, 4.69) is 37.7 Å². The highest BCUT2D eigenvalue weighted by Gasteiger charge is 2.14. The highest BCUT2D eigenvalue weighted by molar-refractivity contribution is 6.29.